The van der Waals surface area contributed by atoms with Gasteiger partial charge in [0.1, 0.15) is 0 Å². The monoisotopic (exact) mass is 775 g/mol. The van der Waals surface area contributed by atoms with Crippen molar-refractivity contribution in [2.45, 2.75) is 5.41 Å². The van der Waals surface area contributed by atoms with Gasteiger partial charge in [0.25, 0.3) is 0 Å². The molecule has 1 heterocycles. The maximum absolute atomic E-state index is 5.31. The maximum atomic E-state index is 5.31. The first-order valence-corrected chi connectivity index (χ1v) is 20.9. The highest BCUT2D eigenvalue weighted by Crippen LogP contribution is 2.61. The Hall–Kier alpha value is -8.01. The van der Waals surface area contributed by atoms with Crippen molar-refractivity contribution in [2.24, 2.45) is 0 Å². The number of rotatable bonds is 5. The van der Waals surface area contributed by atoms with Crippen molar-refractivity contribution in [1.29, 1.82) is 0 Å². The van der Waals surface area contributed by atoms with E-state index in [1.54, 1.807) is 0 Å². The summed E-state index contributed by atoms with van der Waals surface area (Å²) in [5, 5.41) is 0. The SMILES string of the molecule is c1ccc(-c2ccc(-c3nc(-c4ccc(-c5ccccc5)cc4)nc(-c4ccc5c(c4)C4(c6ccccc6-c6ccccc6-5)c5ccccc5-c5ccccc54)n3)cc2)cc1. The number of nitrogens with zero attached hydrogens (tertiary/aromatic N) is 3. The molecule has 0 unspecified atom stereocenters. The van der Waals surface area contributed by atoms with Gasteiger partial charge in [0.15, 0.2) is 17.5 Å². The summed E-state index contributed by atoms with van der Waals surface area (Å²) in [6, 6.07) is 80.6. The number of aromatic nitrogens is 3. The summed E-state index contributed by atoms with van der Waals surface area (Å²) in [7, 11) is 0. The molecule has 3 heteroatoms. The predicted molar refractivity (Wildman–Crippen MR) is 249 cm³/mol. The topological polar surface area (TPSA) is 38.7 Å². The first-order valence-electron chi connectivity index (χ1n) is 20.9. The van der Waals surface area contributed by atoms with Crippen LogP contribution in [0.3, 0.4) is 0 Å². The van der Waals surface area contributed by atoms with Crippen LogP contribution < -0.4 is 0 Å². The van der Waals surface area contributed by atoms with Crippen molar-refractivity contribution >= 4 is 0 Å². The summed E-state index contributed by atoms with van der Waals surface area (Å²) in [6.45, 7) is 0. The average Bonchev–Trinajstić information content (AvgIpc) is 3.59. The highest BCUT2D eigenvalue weighted by molar-refractivity contribution is 5.97. The fourth-order valence-corrected chi connectivity index (χ4v) is 9.83. The van der Waals surface area contributed by atoms with Gasteiger partial charge in [-0.1, -0.05) is 218 Å². The van der Waals surface area contributed by atoms with Crippen LogP contribution in [0.5, 0.6) is 0 Å². The Bertz CT molecular complexity index is 3130. The first kappa shape index (κ1) is 35.0. The molecule has 0 saturated carbocycles. The summed E-state index contributed by atoms with van der Waals surface area (Å²) in [6.07, 6.45) is 0. The molecule has 9 aromatic carbocycles. The molecule has 0 fully saturated rings. The quantitative estimate of drug-likeness (QED) is 0.175. The number of hydrogen-bond acceptors (Lipinski definition) is 3. The van der Waals surface area contributed by atoms with Crippen LogP contribution in [0.4, 0.5) is 0 Å². The molecule has 0 radical (unpaired) electrons. The van der Waals surface area contributed by atoms with Crippen LogP contribution in [-0.4, -0.2) is 15.0 Å². The van der Waals surface area contributed by atoms with Crippen molar-refractivity contribution in [1.82, 2.24) is 15.0 Å². The largest absolute Gasteiger partial charge is 0.208 e. The standard InChI is InChI=1S/C58H37N3/c1-3-15-38(16-4-1)40-27-31-42(32-28-40)55-59-56(43-33-29-41(30-34-43)39-17-5-2-6-18-39)61-57(60-55)44-35-36-50-46-20-8-7-19-45(46)47-21-9-12-24-51(47)58(54(50)37-44)52-25-13-10-22-48(52)49-23-11-14-26-53(49)58/h1-37H. The Balaban J connectivity index is 1.10. The van der Waals surface area contributed by atoms with Crippen LogP contribution in [-0.2, 0) is 5.41 Å². The Morgan fingerprint density at radius 3 is 0.951 bits per heavy atom. The molecule has 12 rings (SSSR count). The molecule has 0 atom stereocenters. The minimum absolute atomic E-state index is 0.604. The van der Waals surface area contributed by atoms with E-state index < -0.39 is 5.41 Å². The molecule has 1 spiro atoms. The number of hydrogen-bond donors (Lipinski definition) is 0. The van der Waals surface area contributed by atoms with Crippen LogP contribution in [0.1, 0.15) is 22.3 Å². The third kappa shape index (κ3) is 5.55. The molecule has 3 nitrogen and oxygen atoms in total. The van der Waals surface area contributed by atoms with Gasteiger partial charge >= 0.3 is 0 Å². The van der Waals surface area contributed by atoms with E-state index in [-0.39, 0.29) is 0 Å². The Morgan fingerprint density at radius 1 is 0.213 bits per heavy atom. The van der Waals surface area contributed by atoms with Gasteiger partial charge in [0.05, 0.1) is 5.41 Å². The number of fused-ring (bicyclic) bond motifs is 12. The molecule has 0 bridgehead atoms. The smallest absolute Gasteiger partial charge is 0.164 e. The van der Waals surface area contributed by atoms with E-state index in [1.807, 2.05) is 12.1 Å². The molecule has 10 aromatic rings. The Labute approximate surface area is 355 Å². The second-order valence-corrected chi connectivity index (χ2v) is 15.9. The Kier molecular flexibility index (Phi) is 8.07. The average molecular weight is 776 g/mol. The Morgan fingerprint density at radius 2 is 0.508 bits per heavy atom. The van der Waals surface area contributed by atoms with Gasteiger partial charge < -0.3 is 0 Å². The van der Waals surface area contributed by atoms with Crippen molar-refractivity contribution in [3.8, 4) is 89.8 Å². The van der Waals surface area contributed by atoms with E-state index >= 15 is 0 Å². The normalized spacial score (nSPS) is 12.7. The van der Waals surface area contributed by atoms with Crippen LogP contribution in [0, 0.1) is 0 Å². The van der Waals surface area contributed by atoms with Gasteiger partial charge in [-0.25, -0.2) is 15.0 Å². The highest BCUT2D eigenvalue weighted by Gasteiger charge is 2.49. The van der Waals surface area contributed by atoms with E-state index in [1.165, 1.54) is 66.8 Å². The lowest BCUT2D eigenvalue weighted by molar-refractivity contribution is 0.775. The third-order valence-electron chi connectivity index (χ3n) is 12.6. The van der Waals surface area contributed by atoms with E-state index in [4.69, 9.17) is 15.0 Å². The fourth-order valence-electron chi connectivity index (χ4n) is 9.83. The minimum Gasteiger partial charge on any atom is -0.208 e. The lowest BCUT2D eigenvalue weighted by Gasteiger charge is -2.35. The molecule has 0 aliphatic heterocycles. The third-order valence-corrected chi connectivity index (χ3v) is 12.6. The van der Waals surface area contributed by atoms with E-state index in [0.29, 0.717) is 17.5 Å². The zero-order valence-corrected chi connectivity index (χ0v) is 33.2. The zero-order chi connectivity index (χ0) is 40.3. The van der Waals surface area contributed by atoms with Crippen LogP contribution >= 0.6 is 0 Å². The summed E-state index contributed by atoms with van der Waals surface area (Å²) < 4.78 is 0. The fraction of sp³-hybridized carbons (Fsp3) is 0.0172. The molecule has 61 heavy (non-hydrogen) atoms. The second-order valence-electron chi connectivity index (χ2n) is 15.9. The van der Waals surface area contributed by atoms with Gasteiger partial charge in [-0.2, -0.15) is 0 Å². The van der Waals surface area contributed by atoms with Crippen molar-refractivity contribution < 1.29 is 0 Å². The molecule has 0 amide bonds. The summed E-state index contributed by atoms with van der Waals surface area (Å²) in [5.74, 6) is 1.88. The molecule has 0 N–H and O–H groups in total. The molecular weight excluding hydrogens is 739 g/mol. The van der Waals surface area contributed by atoms with Crippen molar-refractivity contribution in [3.05, 3.63) is 247 Å². The second kappa shape index (κ2) is 14.1. The zero-order valence-electron chi connectivity index (χ0n) is 33.2. The highest BCUT2D eigenvalue weighted by atomic mass is 15.0. The minimum atomic E-state index is -0.604. The van der Waals surface area contributed by atoms with Crippen LogP contribution in [0.2, 0.25) is 0 Å². The van der Waals surface area contributed by atoms with E-state index in [9.17, 15) is 0 Å². The van der Waals surface area contributed by atoms with Crippen molar-refractivity contribution in [2.75, 3.05) is 0 Å². The van der Waals surface area contributed by atoms with E-state index in [0.717, 1.165) is 27.8 Å². The van der Waals surface area contributed by atoms with E-state index in [2.05, 4.69) is 212 Å². The molecule has 2 aliphatic carbocycles. The van der Waals surface area contributed by atoms with Crippen LogP contribution in [0.25, 0.3) is 89.8 Å². The molecule has 284 valence electrons. The summed E-state index contributed by atoms with van der Waals surface area (Å²) >= 11 is 0. The van der Waals surface area contributed by atoms with Crippen LogP contribution in [0.15, 0.2) is 224 Å². The molecule has 0 saturated heterocycles. The van der Waals surface area contributed by atoms with Crippen molar-refractivity contribution in [3.63, 3.8) is 0 Å². The van der Waals surface area contributed by atoms with Gasteiger partial charge in [-0.05, 0) is 84.0 Å². The molecule has 1 aromatic heterocycles. The molecular formula is C58H37N3. The van der Waals surface area contributed by atoms with Gasteiger partial charge in [0.2, 0.25) is 0 Å². The lowest BCUT2D eigenvalue weighted by Crippen LogP contribution is -2.29. The predicted octanol–water partition coefficient (Wildman–Crippen LogP) is 14.2. The summed E-state index contributed by atoms with van der Waals surface area (Å²) in [5.41, 5.74) is 19.3. The molecule has 2 aliphatic rings. The lowest BCUT2D eigenvalue weighted by atomic mass is 9.65. The maximum Gasteiger partial charge on any atom is 0.164 e. The number of benzene rings is 9. The van der Waals surface area contributed by atoms with Gasteiger partial charge in [0, 0.05) is 16.7 Å². The van der Waals surface area contributed by atoms with Gasteiger partial charge in [-0.15, -0.1) is 0 Å². The van der Waals surface area contributed by atoms with Gasteiger partial charge in [-0.3, -0.25) is 0 Å². The summed E-state index contributed by atoms with van der Waals surface area (Å²) in [4.78, 5) is 15.8. The first-order chi connectivity index (χ1) is 30.2.